The first-order chi connectivity index (χ1) is 11.9. The van der Waals surface area contributed by atoms with Crippen molar-refractivity contribution < 1.29 is 23.9 Å². The third-order valence-corrected chi connectivity index (χ3v) is 3.90. The van der Waals surface area contributed by atoms with Crippen LogP contribution in [-0.2, 0) is 9.59 Å². The van der Waals surface area contributed by atoms with E-state index in [2.05, 4.69) is 16.2 Å². The van der Waals surface area contributed by atoms with Crippen molar-refractivity contribution in [1.29, 1.82) is 0 Å². The Labute approximate surface area is 145 Å². The number of fused-ring (bicyclic) bond motifs is 1. The van der Waals surface area contributed by atoms with Crippen LogP contribution in [0.4, 0.5) is 4.79 Å². The van der Waals surface area contributed by atoms with Gasteiger partial charge in [0.25, 0.3) is 11.8 Å². The highest BCUT2D eigenvalue weighted by Gasteiger charge is 2.29. The molecule has 5 N–H and O–H groups in total. The van der Waals surface area contributed by atoms with E-state index in [1.807, 2.05) is 6.92 Å². The summed E-state index contributed by atoms with van der Waals surface area (Å²) in [6.07, 6.45) is -0.260. The Bertz CT molecular complexity index is 651. The topological polar surface area (TPSA) is 132 Å². The van der Waals surface area contributed by atoms with Crippen LogP contribution in [0.25, 0.3) is 0 Å². The molecular weight excluding hydrogens is 328 g/mol. The summed E-state index contributed by atoms with van der Waals surface area (Å²) in [5.41, 5.74) is 9.65. The van der Waals surface area contributed by atoms with E-state index in [9.17, 15) is 14.4 Å². The lowest BCUT2D eigenvalue weighted by Crippen LogP contribution is -2.58. The lowest BCUT2D eigenvalue weighted by molar-refractivity contribution is -0.136. The molecule has 0 saturated carbocycles. The number of urea groups is 1. The Morgan fingerprint density at radius 1 is 1.24 bits per heavy atom. The number of rotatable bonds is 5. The smallest absolute Gasteiger partial charge is 0.312 e. The Morgan fingerprint density at radius 3 is 2.56 bits per heavy atom. The van der Waals surface area contributed by atoms with E-state index in [0.717, 1.165) is 0 Å². The van der Waals surface area contributed by atoms with Crippen molar-refractivity contribution in [2.75, 3.05) is 6.61 Å². The van der Waals surface area contributed by atoms with Crippen LogP contribution in [-0.4, -0.2) is 36.6 Å². The van der Waals surface area contributed by atoms with E-state index in [1.165, 1.54) is 0 Å². The van der Waals surface area contributed by atoms with Crippen molar-refractivity contribution in [3.8, 4) is 11.5 Å². The molecule has 0 aromatic heterocycles. The highest BCUT2D eigenvalue weighted by molar-refractivity contribution is 5.89. The molecule has 0 saturated heterocycles. The van der Waals surface area contributed by atoms with Crippen molar-refractivity contribution in [3.63, 3.8) is 0 Å². The van der Waals surface area contributed by atoms with Gasteiger partial charge in [0.2, 0.25) is 6.10 Å². The standard InChI is InChI=1S/C16H22N4O5/c1-3-9(2)13(18-16(17)23)15(22)20-19-14(21)12-8-24-10-6-4-5-7-11(10)25-12/h4-7,9,12-13H,3,8H2,1-2H3,(H,19,21)(H,20,22)(H3,17,18,23)/t9-,12+,13-/m0/s1. The summed E-state index contributed by atoms with van der Waals surface area (Å²) in [4.78, 5) is 35.4. The molecule has 0 bridgehead atoms. The zero-order chi connectivity index (χ0) is 18.4. The summed E-state index contributed by atoms with van der Waals surface area (Å²) >= 11 is 0. The van der Waals surface area contributed by atoms with Crippen LogP contribution in [0.15, 0.2) is 24.3 Å². The minimum atomic E-state index is -0.902. The van der Waals surface area contributed by atoms with Gasteiger partial charge in [-0.15, -0.1) is 0 Å². The van der Waals surface area contributed by atoms with Crippen LogP contribution in [0.5, 0.6) is 11.5 Å². The molecule has 1 aliphatic heterocycles. The molecule has 2 rings (SSSR count). The molecule has 9 heteroatoms. The Morgan fingerprint density at radius 2 is 1.92 bits per heavy atom. The number of benzene rings is 1. The summed E-state index contributed by atoms with van der Waals surface area (Å²) in [7, 11) is 0. The van der Waals surface area contributed by atoms with Crippen LogP contribution >= 0.6 is 0 Å². The van der Waals surface area contributed by atoms with Gasteiger partial charge in [0.05, 0.1) is 0 Å². The molecule has 1 heterocycles. The molecule has 1 aliphatic rings. The summed E-state index contributed by atoms with van der Waals surface area (Å²) in [5.74, 6) is -0.291. The molecule has 0 radical (unpaired) electrons. The van der Waals surface area contributed by atoms with Crippen molar-refractivity contribution in [2.45, 2.75) is 32.4 Å². The number of hydrogen-bond acceptors (Lipinski definition) is 5. The minimum absolute atomic E-state index is 0.0209. The fourth-order valence-electron chi connectivity index (χ4n) is 2.29. The number of hydrogen-bond donors (Lipinski definition) is 4. The fraction of sp³-hybridized carbons (Fsp3) is 0.438. The normalized spacial score (nSPS) is 17.8. The van der Waals surface area contributed by atoms with Gasteiger partial charge in [0.1, 0.15) is 12.6 Å². The zero-order valence-electron chi connectivity index (χ0n) is 14.1. The molecular formula is C16H22N4O5. The number of carbonyl (C=O) groups is 3. The van der Waals surface area contributed by atoms with Gasteiger partial charge in [-0.25, -0.2) is 4.79 Å². The molecule has 1 aromatic rings. The minimum Gasteiger partial charge on any atom is -0.485 e. The van der Waals surface area contributed by atoms with Crippen LogP contribution in [0.1, 0.15) is 20.3 Å². The van der Waals surface area contributed by atoms with Crippen LogP contribution < -0.4 is 31.4 Å². The molecule has 136 valence electrons. The van der Waals surface area contributed by atoms with Gasteiger partial charge in [-0.1, -0.05) is 32.4 Å². The molecule has 0 spiro atoms. The van der Waals surface area contributed by atoms with Gasteiger partial charge in [0, 0.05) is 0 Å². The maximum Gasteiger partial charge on any atom is 0.312 e. The molecule has 1 aromatic carbocycles. The van der Waals surface area contributed by atoms with Gasteiger partial charge in [-0.2, -0.15) is 0 Å². The molecule has 0 unspecified atom stereocenters. The molecule has 3 atom stereocenters. The molecule has 0 aliphatic carbocycles. The number of nitrogens with one attached hydrogen (secondary N) is 3. The first-order valence-electron chi connectivity index (χ1n) is 7.96. The Kier molecular flexibility index (Phi) is 6.04. The summed E-state index contributed by atoms with van der Waals surface area (Å²) in [5, 5.41) is 2.37. The van der Waals surface area contributed by atoms with Gasteiger partial charge < -0.3 is 20.5 Å². The Balaban J connectivity index is 1.90. The average Bonchev–Trinajstić information content (AvgIpc) is 2.62. The second-order valence-corrected chi connectivity index (χ2v) is 5.71. The molecule has 0 fully saturated rings. The van der Waals surface area contributed by atoms with Crippen molar-refractivity contribution >= 4 is 17.8 Å². The average molecular weight is 350 g/mol. The van der Waals surface area contributed by atoms with E-state index in [0.29, 0.717) is 17.9 Å². The number of ether oxygens (including phenoxy) is 2. The quantitative estimate of drug-likeness (QED) is 0.558. The monoisotopic (exact) mass is 350 g/mol. The molecule has 9 nitrogen and oxygen atoms in total. The largest absolute Gasteiger partial charge is 0.485 e. The van der Waals surface area contributed by atoms with E-state index < -0.39 is 30.0 Å². The number of amides is 4. The summed E-state index contributed by atoms with van der Waals surface area (Å²) in [6.45, 7) is 3.68. The van der Waals surface area contributed by atoms with Crippen molar-refractivity contribution in [3.05, 3.63) is 24.3 Å². The van der Waals surface area contributed by atoms with Crippen molar-refractivity contribution in [1.82, 2.24) is 16.2 Å². The van der Waals surface area contributed by atoms with Crippen LogP contribution in [0, 0.1) is 5.92 Å². The first-order valence-corrected chi connectivity index (χ1v) is 7.96. The lowest BCUT2D eigenvalue weighted by atomic mass is 9.99. The predicted octanol–water partition coefficient (Wildman–Crippen LogP) is 0.0568. The highest BCUT2D eigenvalue weighted by Crippen LogP contribution is 2.30. The predicted molar refractivity (Wildman–Crippen MR) is 88.6 cm³/mol. The van der Waals surface area contributed by atoms with Crippen LogP contribution in [0.3, 0.4) is 0 Å². The van der Waals surface area contributed by atoms with Crippen LogP contribution in [0.2, 0.25) is 0 Å². The second kappa shape index (κ2) is 8.22. The third kappa shape index (κ3) is 4.75. The second-order valence-electron chi connectivity index (χ2n) is 5.71. The van der Waals surface area contributed by atoms with Gasteiger partial charge in [-0.05, 0) is 18.1 Å². The highest BCUT2D eigenvalue weighted by atomic mass is 16.6. The number of carbonyl (C=O) groups excluding carboxylic acids is 3. The van der Waals surface area contributed by atoms with Gasteiger partial charge in [-0.3, -0.25) is 20.4 Å². The van der Waals surface area contributed by atoms with E-state index >= 15 is 0 Å². The van der Waals surface area contributed by atoms with Gasteiger partial charge in [0.15, 0.2) is 11.5 Å². The number of para-hydroxylation sites is 2. The number of primary amides is 1. The lowest BCUT2D eigenvalue weighted by Gasteiger charge is -2.26. The summed E-state index contributed by atoms with van der Waals surface area (Å²) < 4.78 is 11.0. The van der Waals surface area contributed by atoms with E-state index in [4.69, 9.17) is 15.2 Å². The van der Waals surface area contributed by atoms with Gasteiger partial charge >= 0.3 is 6.03 Å². The SMILES string of the molecule is CC[C@H](C)[C@H](NC(N)=O)C(=O)NNC(=O)[C@H]1COc2ccccc2O1. The third-order valence-electron chi connectivity index (χ3n) is 3.90. The molecule has 25 heavy (non-hydrogen) atoms. The maximum atomic E-state index is 12.2. The first kappa shape index (κ1) is 18.4. The zero-order valence-corrected chi connectivity index (χ0v) is 14.1. The molecule has 4 amide bonds. The van der Waals surface area contributed by atoms with E-state index in [1.54, 1.807) is 31.2 Å². The number of nitrogens with two attached hydrogens (primary N) is 1. The fourth-order valence-corrected chi connectivity index (χ4v) is 2.29. The Hall–Kier alpha value is -2.97. The van der Waals surface area contributed by atoms with Crippen molar-refractivity contribution in [2.24, 2.45) is 11.7 Å². The maximum absolute atomic E-state index is 12.2. The summed E-state index contributed by atoms with van der Waals surface area (Å²) in [6, 6.07) is 5.31. The number of hydrazine groups is 1. The van der Waals surface area contributed by atoms with E-state index in [-0.39, 0.29) is 12.5 Å².